The number of H-pyrrole nitrogens is 1. The summed E-state index contributed by atoms with van der Waals surface area (Å²) < 4.78 is 0. The van der Waals surface area contributed by atoms with Crippen LogP contribution in [0.3, 0.4) is 0 Å². The lowest BCUT2D eigenvalue weighted by Crippen LogP contribution is -1.91. The lowest BCUT2D eigenvalue weighted by Gasteiger charge is -2.01. The van der Waals surface area contributed by atoms with Crippen molar-refractivity contribution in [3.8, 4) is 11.3 Å². The Morgan fingerprint density at radius 1 is 1.19 bits per heavy atom. The highest BCUT2D eigenvalue weighted by Crippen LogP contribution is 2.27. The number of halogens is 1. The summed E-state index contributed by atoms with van der Waals surface area (Å²) in [5, 5.41) is 7.76. The van der Waals surface area contributed by atoms with Crippen LogP contribution in [0, 0.1) is 0 Å². The number of aromatic amines is 1. The molecule has 3 aromatic rings. The van der Waals surface area contributed by atoms with Crippen molar-refractivity contribution in [1.29, 1.82) is 0 Å². The average Bonchev–Trinajstić information content (AvgIpc) is 2.77. The number of imidazole rings is 1. The van der Waals surface area contributed by atoms with E-state index in [0.717, 1.165) is 5.52 Å². The normalized spacial score (nSPS) is 10.8. The van der Waals surface area contributed by atoms with Gasteiger partial charge in [-0.05, 0) is 6.07 Å². The van der Waals surface area contributed by atoms with Crippen LogP contribution in [0.15, 0.2) is 24.9 Å². The number of fused-ring (bicyclic) bond motifs is 1. The number of aromatic nitrogens is 6. The Labute approximate surface area is 94.7 Å². The third-order valence-corrected chi connectivity index (χ3v) is 2.43. The van der Waals surface area contributed by atoms with Crippen molar-refractivity contribution in [1.82, 2.24) is 30.1 Å². The first kappa shape index (κ1) is 9.17. The van der Waals surface area contributed by atoms with Crippen molar-refractivity contribution < 1.29 is 0 Å². The van der Waals surface area contributed by atoms with E-state index in [1.165, 1.54) is 6.33 Å². The summed E-state index contributed by atoms with van der Waals surface area (Å²) in [6.45, 7) is 0. The van der Waals surface area contributed by atoms with Gasteiger partial charge in [0.15, 0.2) is 10.8 Å². The minimum absolute atomic E-state index is 0.303. The Kier molecular flexibility index (Phi) is 2.00. The second kappa shape index (κ2) is 3.49. The molecule has 16 heavy (non-hydrogen) atoms. The molecule has 0 aromatic carbocycles. The molecular weight excluding hydrogens is 228 g/mol. The van der Waals surface area contributed by atoms with E-state index in [1.807, 2.05) is 0 Å². The molecule has 3 heterocycles. The third-order valence-electron chi connectivity index (χ3n) is 2.15. The van der Waals surface area contributed by atoms with E-state index in [9.17, 15) is 0 Å². The van der Waals surface area contributed by atoms with E-state index >= 15 is 0 Å². The second-order valence-corrected chi connectivity index (χ2v) is 3.42. The number of nitrogens with zero attached hydrogens (tertiary/aromatic N) is 5. The summed E-state index contributed by atoms with van der Waals surface area (Å²) in [4.78, 5) is 15.2. The molecule has 0 atom stereocenters. The van der Waals surface area contributed by atoms with Crippen LogP contribution in [0.2, 0.25) is 5.15 Å². The lowest BCUT2D eigenvalue weighted by molar-refractivity contribution is 1.03. The molecule has 0 saturated heterocycles. The highest BCUT2D eigenvalue weighted by molar-refractivity contribution is 6.32. The minimum atomic E-state index is 0.303. The molecule has 0 bridgehead atoms. The quantitative estimate of drug-likeness (QED) is 0.687. The Morgan fingerprint density at radius 2 is 2.12 bits per heavy atom. The van der Waals surface area contributed by atoms with Crippen molar-refractivity contribution in [3.05, 3.63) is 30.1 Å². The van der Waals surface area contributed by atoms with Gasteiger partial charge in [-0.25, -0.2) is 15.0 Å². The van der Waals surface area contributed by atoms with Gasteiger partial charge >= 0.3 is 0 Å². The molecule has 78 valence electrons. The van der Waals surface area contributed by atoms with Crippen LogP contribution < -0.4 is 0 Å². The van der Waals surface area contributed by atoms with E-state index in [-0.39, 0.29) is 0 Å². The number of hydrogen-bond acceptors (Lipinski definition) is 5. The molecule has 0 radical (unpaired) electrons. The first-order valence-electron chi connectivity index (χ1n) is 4.48. The Bertz CT molecular complexity index is 649. The van der Waals surface area contributed by atoms with Gasteiger partial charge in [0.05, 0.1) is 12.5 Å². The van der Waals surface area contributed by atoms with E-state index in [1.54, 1.807) is 18.6 Å². The molecule has 3 rings (SSSR count). The van der Waals surface area contributed by atoms with Gasteiger partial charge in [-0.15, -0.1) is 5.10 Å². The molecule has 0 saturated carbocycles. The number of nitrogens with one attached hydrogen (secondary N) is 1. The standard InChI is InChI=1S/C9H5ClN6/c10-8-5(1-2-15-16-8)6-7-9(13-3-11-6)14-4-12-7/h1-4H,(H,11,12,13,14). The van der Waals surface area contributed by atoms with Crippen molar-refractivity contribution >= 4 is 22.8 Å². The van der Waals surface area contributed by atoms with Crippen molar-refractivity contribution in [2.75, 3.05) is 0 Å². The molecule has 0 unspecified atom stereocenters. The average molecular weight is 233 g/mol. The van der Waals surface area contributed by atoms with E-state index in [2.05, 4.69) is 30.1 Å². The highest BCUT2D eigenvalue weighted by atomic mass is 35.5. The number of rotatable bonds is 1. The summed E-state index contributed by atoms with van der Waals surface area (Å²) in [6.07, 6.45) is 4.56. The lowest BCUT2D eigenvalue weighted by atomic mass is 10.2. The fraction of sp³-hybridized carbons (Fsp3) is 0. The fourth-order valence-corrected chi connectivity index (χ4v) is 1.66. The third kappa shape index (κ3) is 1.31. The SMILES string of the molecule is Clc1nnccc1-c1ncnc2nc[nH]c12. The molecule has 0 fully saturated rings. The predicted molar refractivity (Wildman–Crippen MR) is 57.7 cm³/mol. The Morgan fingerprint density at radius 3 is 3.00 bits per heavy atom. The van der Waals surface area contributed by atoms with Crippen molar-refractivity contribution in [2.24, 2.45) is 0 Å². The minimum Gasteiger partial charge on any atom is -0.341 e. The molecule has 3 aromatic heterocycles. The van der Waals surface area contributed by atoms with Crippen LogP contribution >= 0.6 is 11.6 Å². The Hall–Kier alpha value is -2.08. The molecule has 7 heteroatoms. The fourth-order valence-electron chi connectivity index (χ4n) is 1.46. The monoisotopic (exact) mass is 232 g/mol. The van der Waals surface area contributed by atoms with Crippen LogP contribution in [0.4, 0.5) is 0 Å². The molecule has 0 spiro atoms. The summed E-state index contributed by atoms with van der Waals surface area (Å²) in [5.41, 5.74) is 2.70. The van der Waals surface area contributed by atoms with Crippen LogP contribution in [0.1, 0.15) is 0 Å². The first-order valence-corrected chi connectivity index (χ1v) is 4.85. The summed E-state index contributed by atoms with van der Waals surface area (Å²) in [5.74, 6) is 0. The van der Waals surface area contributed by atoms with Gasteiger partial charge in [-0.1, -0.05) is 11.6 Å². The summed E-state index contributed by atoms with van der Waals surface area (Å²) in [6, 6.07) is 1.75. The molecule has 0 aliphatic heterocycles. The van der Waals surface area contributed by atoms with E-state index in [4.69, 9.17) is 11.6 Å². The maximum atomic E-state index is 5.96. The molecular formula is C9H5ClN6. The summed E-state index contributed by atoms with van der Waals surface area (Å²) >= 11 is 5.96. The molecule has 0 aliphatic carbocycles. The molecule has 0 amide bonds. The molecule has 6 nitrogen and oxygen atoms in total. The van der Waals surface area contributed by atoms with Gasteiger partial charge in [-0.3, -0.25) is 0 Å². The van der Waals surface area contributed by atoms with Crippen LogP contribution in [-0.4, -0.2) is 30.1 Å². The predicted octanol–water partition coefficient (Wildman–Crippen LogP) is 1.46. The zero-order valence-corrected chi connectivity index (χ0v) is 8.68. The van der Waals surface area contributed by atoms with Gasteiger partial charge in [0.1, 0.15) is 17.5 Å². The molecule has 0 aliphatic rings. The van der Waals surface area contributed by atoms with Gasteiger partial charge in [0.2, 0.25) is 0 Å². The maximum absolute atomic E-state index is 5.96. The zero-order valence-electron chi connectivity index (χ0n) is 7.92. The van der Waals surface area contributed by atoms with Gasteiger partial charge in [-0.2, -0.15) is 5.10 Å². The van der Waals surface area contributed by atoms with Crippen molar-refractivity contribution in [3.63, 3.8) is 0 Å². The Balaban J connectivity index is 2.34. The van der Waals surface area contributed by atoms with E-state index in [0.29, 0.717) is 22.1 Å². The maximum Gasteiger partial charge on any atom is 0.181 e. The number of hydrogen-bond donors (Lipinski definition) is 1. The van der Waals surface area contributed by atoms with Crippen LogP contribution in [-0.2, 0) is 0 Å². The zero-order chi connectivity index (χ0) is 11.0. The van der Waals surface area contributed by atoms with Crippen molar-refractivity contribution in [2.45, 2.75) is 0 Å². The smallest absolute Gasteiger partial charge is 0.181 e. The van der Waals surface area contributed by atoms with Crippen LogP contribution in [0.5, 0.6) is 0 Å². The molecule has 1 N–H and O–H groups in total. The summed E-state index contributed by atoms with van der Waals surface area (Å²) in [7, 11) is 0. The van der Waals surface area contributed by atoms with Gasteiger partial charge in [0.25, 0.3) is 0 Å². The van der Waals surface area contributed by atoms with Crippen LogP contribution in [0.25, 0.3) is 22.4 Å². The highest BCUT2D eigenvalue weighted by Gasteiger charge is 2.11. The van der Waals surface area contributed by atoms with E-state index < -0.39 is 0 Å². The van der Waals surface area contributed by atoms with Gasteiger partial charge in [0, 0.05) is 5.56 Å². The van der Waals surface area contributed by atoms with Gasteiger partial charge < -0.3 is 4.98 Å². The topological polar surface area (TPSA) is 80.2 Å². The second-order valence-electron chi connectivity index (χ2n) is 3.06. The largest absolute Gasteiger partial charge is 0.341 e. The first-order chi connectivity index (χ1) is 7.86.